The van der Waals surface area contributed by atoms with Crippen molar-refractivity contribution in [2.45, 2.75) is 57.7 Å². The van der Waals surface area contributed by atoms with Gasteiger partial charge in [-0.05, 0) is 73.4 Å². The number of urea groups is 1. The Morgan fingerprint density at radius 2 is 1.47 bits per heavy atom. The smallest absolute Gasteiger partial charge is 0.319 e. The van der Waals surface area contributed by atoms with E-state index in [9.17, 15) is 21.6 Å². The number of anilines is 3. The van der Waals surface area contributed by atoms with Crippen LogP contribution in [0.25, 0.3) is 0 Å². The molecule has 2 amide bonds. The predicted molar refractivity (Wildman–Crippen MR) is 182 cm³/mol. The summed E-state index contributed by atoms with van der Waals surface area (Å²) in [6, 6.07) is 21.3. The van der Waals surface area contributed by atoms with Gasteiger partial charge in [-0.2, -0.15) is 0 Å². The van der Waals surface area contributed by atoms with Crippen LogP contribution >= 0.6 is 12.4 Å². The van der Waals surface area contributed by atoms with Crippen LogP contribution in [0.1, 0.15) is 44.6 Å². The highest BCUT2D eigenvalue weighted by Gasteiger charge is 2.29. The normalized spacial score (nSPS) is 17.0. The fourth-order valence-corrected chi connectivity index (χ4v) is 6.38. The summed E-state index contributed by atoms with van der Waals surface area (Å²) in [7, 11) is -6.82. The Balaban J connectivity index is 0.00000552. The first-order valence-electron chi connectivity index (χ1n) is 14.6. The number of piperidine rings is 1. The molecule has 0 aromatic heterocycles. The van der Waals surface area contributed by atoms with Crippen LogP contribution in [0.15, 0.2) is 72.8 Å². The van der Waals surface area contributed by atoms with Gasteiger partial charge in [0.2, 0.25) is 20.0 Å². The highest BCUT2D eigenvalue weighted by atomic mass is 35.5. The molecule has 2 atom stereocenters. The Morgan fingerprint density at radius 1 is 0.867 bits per heavy atom. The van der Waals surface area contributed by atoms with E-state index < -0.39 is 20.0 Å². The summed E-state index contributed by atoms with van der Waals surface area (Å²) in [5, 5.41) is 5.88. The van der Waals surface area contributed by atoms with Crippen LogP contribution < -0.4 is 24.8 Å². The summed E-state index contributed by atoms with van der Waals surface area (Å²) in [6.07, 6.45) is 7.01. The molecule has 1 aliphatic heterocycles. The average Bonchev–Trinajstić information content (AvgIpc) is 2.94. The van der Waals surface area contributed by atoms with E-state index in [-0.39, 0.29) is 24.5 Å². The first kappa shape index (κ1) is 36.0. The van der Waals surface area contributed by atoms with E-state index in [4.69, 9.17) is 4.74 Å². The van der Waals surface area contributed by atoms with Gasteiger partial charge in [0.1, 0.15) is 11.5 Å². The summed E-state index contributed by atoms with van der Waals surface area (Å²) in [5.74, 6) is 1.28. The lowest BCUT2D eigenvalue weighted by molar-refractivity contribution is 0.111. The second kappa shape index (κ2) is 16.2. The lowest BCUT2D eigenvalue weighted by Gasteiger charge is -2.40. The number of amides is 2. The second-order valence-electron chi connectivity index (χ2n) is 11.2. The van der Waals surface area contributed by atoms with Gasteiger partial charge in [-0.1, -0.05) is 44.0 Å². The third kappa shape index (κ3) is 12.1. The summed E-state index contributed by atoms with van der Waals surface area (Å²) < 4.78 is 57.0. The van der Waals surface area contributed by atoms with Crippen LogP contribution in [0.3, 0.4) is 0 Å². The summed E-state index contributed by atoms with van der Waals surface area (Å²) in [4.78, 5) is 15.3. The van der Waals surface area contributed by atoms with Gasteiger partial charge in [0.05, 0.1) is 23.9 Å². The third-order valence-electron chi connectivity index (χ3n) is 7.24. The number of unbranched alkanes of at least 4 members (excludes halogenated alkanes) is 1. The monoisotopic (exact) mass is 679 g/mol. The number of halogens is 1. The molecule has 14 heteroatoms. The topological polar surface area (TPSA) is 146 Å². The van der Waals surface area contributed by atoms with Crippen molar-refractivity contribution in [3.05, 3.63) is 78.4 Å². The minimum Gasteiger partial charge on any atom is -0.457 e. The van der Waals surface area contributed by atoms with Gasteiger partial charge in [-0.25, -0.2) is 21.6 Å². The zero-order valence-corrected chi connectivity index (χ0v) is 28.1. The molecule has 0 spiro atoms. The first-order valence-corrected chi connectivity index (χ1v) is 18.4. The minimum absolute atomic E-state index is 0. The number of sulfonamides is 2. The second-order valence-corrected chi connectivity index (χ2v) is 14.6. The van der Waals surface area contributed by atoms with Crippen molar-refractivity contribution in [3.63, 3.8) is 0 Å². The molecule has 3 aromatic rings. The molecule has 2 unspecified atom stereocenters. The van der Waals surface area contributed by atoms with E-state index in [0.29, 0.717) is 34.6 Å². The van der Waals surface area contributed by atoms with Gasteiger partial charge in [0.25, 0.3) is 0 Å². The van der Waals surface area contributed by atoms with Crippen LogP contribution in [0.2, 0.25) is 0 Å². The molecule has 0 bridgehead atoms. The molecule has 4 rings (SSSR count). The lowest BCUT2D eigenvalue weighted by atomic mass is 9.93. The molecule has 0 aliphatic carbocycles. The van der Waals surface area contributed by atoms with Gasteiger partial charge >= 0.3 is 6.03 Å². The van der Waals surface area contributed by atoms with Gasteiger partial charge < -0.3 is 15.4 Å². The number of hydrogen-bond donors (Lipinski definition) is 4. The van der Waals surface area contributed by atoms with Crippen molar-refractivity contribution in [2.24, 2.45) is 0 Å². The SMILES string of the molecule is CCCCC1CC(NC(=O)Nc2ccccc2NS(C)(=O)=O)CCN1Cc1ccc(Oc2ccc(NS(C)(=O)=O)cc2)cc1.Cl. The fraction of sp³-hybridized carbons (Fsp3) is 0.387. The molecular formula is C31H42ClN5O6S2. The Labute approximate surface area is 272 Å². The maximum atomic E-state index is 12.9. The van der Waals surface area contributed by atoms with Gasteiger partial charge in [0.15, 0.2) is 0 Å². The number of nitrogens with one attached hydrogen (secondary N) is 4. The van der Waals surface area contributed by atoms with Crippen LogP contribution in [-0.2, 0) is 26.6 Å². The molecule has 1 saturated heterocycles. The predicted octanol–water partition coefficient (Wildman–Crippen LogP) is 5.99. The van der Waals surface area contributed by atoms with Crippen molar-refractivity contribution in [1.29, 1.82) is 0 Å². The van der Waals surface area contributed by atoms with Crippen molar-refractivity contribution in [1.82, 2.24) is 10.2 Å². The van der Waals surface area contributed by atoms with Crippen molar-refractivity contribution >= 4 is 55.5 Å². The summed E-state index contributed by atoms with van der Waals surface area (Å²) in [5.41, 5.74) is 2.34. The minimum atomic E-state index is -3.49. The quantitative estimate of drug-likeness (QED) is 0.174. The fourth-order valence-electron chi connectivity index (χ4n) is 5.24. The Bertz CT molecular complexity index is 1620. The van der Waals surface area contributed by atoms with Crippen LogP contribution in [0.4, 0.5) is 21.9 Å². The molecule has 4 N–H and O–H groups in total. The van der Waals surface area contributed by atoms with E-state index in [1.165, 1.54) is 0 Å². The largest absolute Gasteiger partial charge is 0.457 e. The first-order chi connectivity index (χ1) is 20.9. The van der Waals surface area contributed by atoms with Gasteiger partial charge in [0, 0.05) is 30.9 Å². The van der Waals surface area contributed by atoms with Crippen molar-refractivity contribution in [2.75, 3.05) is 33.8 Å². The molecule has 11 nitrogen and oxygen atoms in total. The zero-order chi connectivity index (χ0) is 31.7. The van der Waals surface area contributed by atoms with Crippen LogP contribution in [-0.4, -0.2) is 58.9 Å². The van der Waals surface area contributed by atoms with Gasteiger partial charge in [-0.15, -0.1) is 12.4 Å². The van der Waals surface area contributed by atoms with Crippen molar-refractivity contribution < 1.29 is 26.4 Å². The van der Waals surface area contributed by atoms with E-state index in [2.05, 4.69) is 31.9 Å². The van der Waals surface area contributed by atoms with Crippen molar-refractivity contribution in [3.8, 4) is 11.5 Å². The van der Waals surface area contributed by atoms with Gasteiger partial charge in [-0.3, -0.25) is 14.3 Å². The number of likely N-dealkylation sites (tertiary alicyclic amines) is 1. The number of rotatable bonds is 13. The maximum absolute atomic E-state index is 12.9. The van der Waals surface area contributed by atoms with Crippen LogP contribution in [0.5, 0.6) is 11.5 Å². The number of nitrogens with zero attached hydrogens (tertiary/aromatic N) is 1. The molecule has 0 saturated carbocycles. The van der Waals surface area contributed by atoms with E-state index >= 15 is 0 Å². The number of carbonyl (C=O) groups is 1. The molecule has 3 aromatic carbocycles. The van der Waals surface area contributed by atoms with E-state index in [0.717, 1.165) is 63.3 Å². The van der Waals surface area contributed by atoms with Crippen LogP contribution in [0, 0.1) is 0 Å². The third-order valence-corrected chi connectivity index (χ3v) is 8.43. The standard InChI is InChI=1S/C31H41N5O6S2.ClH/c1-4-5-8-26-21-25(32-31(37)33-29-9-6-7-10-30(29)35-44(3,40)41)19-20-36(26)22-23-11-15-27(16-12-23)42-28-17-13-24(14-18-28)34-43(2,38)39;/h6-7,9-18,25-26,34-35H,4-5,8,19-22H2,1-3H3,(H2,32,33,37);1H. The average molecular weight is 680 g/mol. The number of benzene rings is 3. The molecule has 246 valence electrons. The lowest BCUT2D eigenvalue weighted by Crippen LogP contribution is -2.50. The molecule has 45 heavy (non-hydrogen) atoms. The Kier molecular flexibility index (Phi) is 12.9. The van der Waals surface area contributed by atoms with E-state index in [1.807, 2.05) is 24.3 Å². The molecule has 1 heterocycles. The number of para-hydroxylation sites is 2. The number of carbonyl (C=O) groups excluding carboxylic acids is 1. The summed E-state index contributed by atoms with van der Waals surface area (Å²) >= 11 is 0. The molecule has 1 fully saturated rings. The highest BCUT2D eigenvalue weighted by Crippen LogP contribution is 2.27. The number of hydrogen-bond acceptors (Lipinski definition) is 7. The molecular weight excluding hydrogens is 638 g/mol. The number of ether oxygens (including phenoxy) is 1. The molecule has 0 radical (unpaired) electrons. The zero-order valence-electron chi connectivity index (χ0n) is 25.7. The highest BCUT2D eigenvalue weighted by molar-refractivity contribution is 7.92. The Hall–Kier alpha value is -3.52. The maximum Gasteiger partial charge on any atom is 0.319 e. The molecule has 1 aliphatic rings. The Morgan fingerprint density at radius 3 is 2.07 bits per heavy atom. The van der Waals surface area contributed by atoms with E-state index in [1.54, 1.807) is 48.5 Å². The summed E-state index contributed by atoms with van der Waals surface area (Å²) in [6.45, 7) is 3.79.